The van der Waals surface area contributed by atoms with Crippen LogP contribution in [0.1, 0.15) is 107 Å². The van der Waals surface area contributed by atoms with Crippen molar-refractivity contribution in [2.24, 2.45) is 0 Å². The zero-order chi connectivity index (χ0) is 18.9. The first-order chi connectivity index (χ1) is 12.7. The van der Waals surface area contributed by atoms with E-state index in [2.05, 4.69) is 12.2 Å². The predicted octanol–water partition coefficient (Wildman–Crippen LogP) is 6.60. The molecule has 0 atom stereocenters. The molecule has 0 bridgehead atoms. The summed E-state index contributed by atoms with van der Waals surface area (Å²) in [5.41, 5.74) is 0.605. The first-order valence-corrected chi connectivity index (χ1v) is 10.8. The molecule has 0 aliphatic rings. The maximum Gasteiger partial charge on any atom is 0.251 e. The third kappa shape index (κ3) is 11.9. The Hall–Kier alpha value is -1.51. The molecule has 0 unspecified atom stereocenters. The highest BCUT2D eigenvalue weighted by Gasteiger charge is 2.03. The summed E-state index contributed by atoms with van der Waals surface area (Å²) in [6.07, 6.45) is 18.8. The summed E-state index contributed by atoms with van der Waals surface area (Å²) in [6, 6.07) is 6.38. The van der Waals surface area contributed by atoms with Gasteiger partial charge >= 0.3 is 0 Å². The van der Waals surface area contributed by atoms with Gasteiger partial charge in [0.25, 0.3) is 5.91 Å². The lowest BCUT2D eigenvalue weighted by Gasteiger charge is -2.06. The average Bonchev–Trinajstić information content (AvgIpc) is 2.65. The number of benzene rings is 1. The second kappa shape index (κ2) is 15.7. The van der Waals surface area contributed by atoms with Gasteiger partial charge < -0.3 is 10.4 Å². The van der Waals surface area contributed by atoms with Crippen molar-refractivity contribution in [3.8, 4) is 5.75 Å². The highest BCUT2D eigenvalue weighted by molar-refractivity contribution is 5.94. The Morgan fingerprint density at radius 2 is 1.15 bits per heavy atom. The van der Waals surface area contributed by atoms with Crippen molar-refractivity contribution in [3.63, 3.8) is 0 Å². The van der Waals surface area contributed by atoms with E-state index in [0.29, 0.717) is 5.56 Å². The molecule has 0 aliphatic heterocycles. The topological polar surface area (TPSA) is 49.3 Å². The van der Waals surface area contributed by atoms with Gasteiger partial charge in [0, 0.05) is 12.1 Å². The molecule has 3 heteroatoms. The van der Waals surface area contributed by atoms with E-state index in [1.165, 1.54) is 83.5 Å². The Labute approximate surface area is 160 Å². The molecule has 2 N–H and O–H groups in total. The van der Waals surface area contributed by atoms with E-state index in [1.54, 1.807) is 24.3 Å². The number of carbonyl (C=O) groups is 1. The molecule has 1 amide bonds. The maximum atomic E-state index is 11.9. The van der Waals surface area contributed by atoms with Crippen LogP contribution in [0.2, 0.25) is 0 Å². The van der Waals surface area contributed by atoms with Crippen molar-refractivity contribution in [1.29, 1.82) is 0 Å². The van der Waals surface area contributed by atoms with Gasteiger partial charge in [-0.2, -0.15) is 0 Å². The fraction of sp³-hybridized carbons (Fsp3) is 0.696. The molecule has 0 saturated carbocycles. The lowest BCUT2D eigenvalue weighted by Crippen LogP contribution is -2.24. The third-order valence-electron chi connectivity index (χ3n) is 4.95. The maximum absolute atomic E-state index is 11.9. The Morgan fingerprint density at radius 1 is 0.731 bits per heavy atom. The van der Waals surface area contributed by atoms with E-state index < -0.39 is 0 Å². The van der Waals surface area contributed by atoms with Crippen molar-refractivity contribution < 1.29 is 9.90 Å². The molecule has 0 spiro atoms. The number of carbonyl (C=O) groups excluding carboxylic acids is 1. The summed E-state index contributed by atoms with van der Waals surface area (Å²) in [5.74, 6) is 0.133. The predicted molar refractivity (Wildman–Crippen MR) is 111 cm³/mol. The second-order valence-corrected chi connectivity index (χ2v) is 7.40. The van der Waals surface area contributed by atoms with Crippen LogP contribution >= 0.6 is 0 Å². The van der Waals surface area contributed by atoms with E-state index in [1.807, 2.05) is 0 Å². The number of unbranched alkanes of at least 4 members (excludes halogenated alkanes) is 13. The van der Waals surface area contributed by atoms with Crippen LogP contribution in [-0.2, 0) is 0 Å². The highest BCUT2D eigenvalue weighted by atomic mass is 16.3. The summed E-state index contributed by atoms with van der Waals surface area (Å²) >= 11 is 0. The molecule has 1 aromatic carbocycles. The van der Waals surface area contributed by atoms with Crippen molar-refractivity contribution >= 4 is 5.91 Å². The van der Waals surface area contributed by atoms with E-state index in [9.17, 15) is 9.90 Å². The van der Waals surface area contributed by atoms with Gasteiger partial charge in [0.05, 0.1) is 0 Å². The molecule has 0 fully saturated rings. The SMILES string of the molecule is CCCCCCCCCCCCCCCCNC(=O)c1ccc(O)cc1. The molecule has 0 heterocycles. The quantitative estimate of drug-likeness (QED) is 0.326. The lowest BCUT2D eigenvalue weighted by molar-refractivity contribution is 0.0953. The molecule has 0 aromatic heterocycles. The van der Waals surface area contributed by atoms with E-state index in [4.69, 9.17) is 0 Å². The van der Waals surface area contributed by atoms with Gasteiger partial charge in [-0.05, 0) is 30.7 Å². The summed E-state index contributed by atoms with van der Waals surface area (Å²) in [5, 5.41) is 12.2. The fourth-order valence-corrected chi connectivity index (χ4v) is 3.24. The molecule has 26 heavy (non-hydrogen) atoms. The van der Waals surface area contributed by atoms with E-state index >= 15 is 0 Å². The van der Waals surface area contributed by atoms with Gasteiger partial charge in [-0.3, -0.25) is 4.79 Å². The van der Waals surface area contributed by atoms with Crippen LogP contribution in [0.5, 0.6) is 5.75 Å². The van der Waals surface area contributed by atoms with Gasteiger partial charge in [-0.15, -0.1) is 0 Å². The minimum Gasteiger partial charge on any atom is -0.508 e. The number of amides is 1. The standard InChI is InChI=1S/C23H39NO2/c1-2-3-4-5-6-7-8-9-10-11-12-13-14-15-20-24-23(26)21-16-18-22(25)19-17-21/h16-19,25H,2-15,20H2,1H3,(H,24,26). The number of aromatic hydroxyl groups is 1. The first-order valence-electron chi connectivity index (χ1n) is 10.8. The zero-order valence-electron chi connectivity index (χ0n) is 16.8. The van der Waals surface area contributed by atoms with Crippen LogP contribution in [0, 0.1) is 0 Å². The molecule has 1 rings (SSSR count). The number of rotatable bonds is 16. The summed E-state index contributed by atoms with van der Waals surface area (Å²) in [7, 11) is 0. The van der Waals surface area contributed by atoms with Crippen LogP contribution in [0.3, 0.4) is 0 Å². The monoisotopic (exact) mass is 361 g/mol. The van der Waals surface area contributed by atoms with Crippen molar-refractivity contribution in [2.45, 2.75) is 96.8 Å². The minimum absolute atomic E-state index is 0.0558. The second-order valence-electron chi connectivity index (χ2n) is 7.40. The van der Waals surface area contributed by atoms with Crippen LogP contribution in [0.4, 0.5) is 0 Å². The Morgan fingerprint density at radius 3 is 1.62 bits per heavy atom. The number of phenolic OH excluding ortho intramolecular Hbond substituents is 1. The Kier molecular flexibility index (Phi) is 13.6. The largest absolute Gasteiger partial charge is 0.508 e. The summed E-state index contributed by atoms with van der Waals surface area (Å²) in [6.45, 7) is 3.01. The average molecular weight is 362 g/mol. The van der Waals surface area contributed by atoms with E-state index in [-0.39, 0.29) is 11.7 Å². The van der Waals surface area contributed by atoms with Crippen LogP contribution in [0.25, 0.3) is 0 Å². The number of hydrogen-bond acceptors (Lipinski definition) is 2. The van der Waals surface area contributed by atoms with Crippen LogP contribution in [0.15, 0.2) is 24.3 Å². The smallest absolute Gasteiger partial charge is 0.251 e. The third-order valence-corrected chi connectivity index (χ3v) is 4.95. The first kappa shape index (κ1) is 22.5. The molecule has 0 radical (unpaired) electrons. The zero-order valence-corrected chi connectivity index (χ0v) is 16.8. The van der Waals surface area contributed by atoms with Crippen LogP contribution < -0.4 is 5.32 Å². The number of phenols is 1. The van der Waals surface area contributed by atoms with Gasteiger partial charge in [0.15, 0.2) is 0 Å². The van der Waals surface area contributed by atoms with E-state index in [0.717, 1.165) is 13.0 Å². The molecular weight excluding hydrogens is 322 g/mol. The summed E-state index contributed by atoms with van der Waals surface area (Å²) < 4.78 is 0. The molecule has 1 aromatic rings. The van der Waals surface area contributed by atoms with Crippen molar-refractivity contribution in [1.82, 2.24) is 5.32 Å². The lowest BCUT2D eigenvalue weighted by atomic mass is 10.0. The molecular formula is C23H39NO2. The van der Waals surface area contributed by atoms with Gasteiger partial charge in [0.1, 0.15) is 5.75 Å². The van der Waals surface area contributed by atoms with Crippen molar-refractivity contribution in [3.05, 3.63) is 29.8 Å². The Balaban J connectivity index is 1.82. The van der Waals surface area contributed by atoms with Gasteiger partial charge in [-0.1, -0.05) is 90.4 Å². The molecule has 148 valence electrons. The summed E-state index contributed by atoms with van der Waals surface area (Å²) in [4.78, 5) is 11.9. The molecule has 3 nitrogen and oxygen atoms in total. The number of hydrogen-bond donors (Lipinski definition) is 2. The molecule has 0 aliphatic carbocycles. The highest BCUT2D eigenvalue weighted by Crippen LogP contribution is 2.13. The minimum atomic E-state index is -0.0558. The van der Waals surface area contributed by atoms with Gasteiger partial charge in [0.2, 0.25) is 0 Å². The molecule has 0 saturated heterocycles. The fourth-order valence-electron chi connectivity index (χ4n) is 3.24. The number of nitrogens with one attached hydrogen (secondary N) is 1. The normalized spacial score (nSPS) is 10.8. The van der Waals surface area contributed by atoms with Gasteiger partial charge in [-0.25, -0.2) is 0 Å². The Bertz CT molecular complexity index is 456. The van der Waals surface area contributed by atoms with Crippen LogP contribution in [-0.4, -0.2) is 17.6 Å². The van der Waals surface area contributed by atoms with Crippen molar-refractivity contribution in [2.75, 3.05) is 6.54 Å².